The van der Waals surface area contributed by atoms with Crippen LogP contribution in [0.3, 0.4) is 0 Å². The molecule has 1 saturated heterocycles. The highest BCUT2D eigenvalue weighted by Gasteiger charge is 2.12. The van der Waals surface area contributed by atoms with Crippen molar-refractivity contribution in [3.63, 3.8) is 0 Å². The zero-order valence-electron chi connectivity index (χ0n) is 15.2. The minimum Gasteiger partial charge on any atom is -0.456 e. The van der Waals surface area contributed by atoms with Crippen LogP contribution >= 0.6 is 0 Å². The molecule has 0 aliphatic carbocycles. The topological polar surface area (TPSA) is 39.2 Å². The summed E-state index contributed by atoms with van der Waals surface area (Å²) in [6.45, 7) is 7.84. The van der Waals surface area contributed by atoms with E-state index in [0.29, 0.717) is 0 Å². The molecule has 1 aliphatic rings. The number of morpholine rings is 1. The summed E-state index contributed by atoms with van der Waals surface area (Å²) in [4.78, 5) is 6.51. The maximum Gasteiger partial charge on any atom is 0.136 e. The monoisotopic (exact) mass is 349 g/mol. The van der Waals surface area contributed by atoms with E-state index < -0.39 is 0 Å². The number of fused-ring (bicyclic) bond motifs is 1. The highest BCUT2D eigenvalue weighted by atomic mass is 16.5. The lowest BCUT2D eigenvalue weighted by Gasteiger charge is -2.22. The van der Waals surface area contributed by atoms with Crippen molar-refractivity contribution in [2.24, 2.45) is 4.99 Å². The van der Waals surface area contributed by atoms with E-state index in [1.807, 2.05) is 24.3 Å². The Hall–Kier alpha value is -2.43. The van der Waals surface area contributed by atoms with E-state index in [-0.39, 0.29) is 0 Å². The molecule has 0 saturated carbocycles. The minimum atomic E-state index is 0.816. The number of hydrogen-bond acceptors (Lipinski definition) is 3. The summed E-state index contributed by atoms with van der Waals surface area (Å²) in [6, 6.07) is 18.6. The number of rotatable bonds is 4. The third-order valence-corrected chi connectivity index (χ3v) is 4.90. The minimum absolute atomic E-state index is 0.816. The van der Waals surface area contributed by atoms with Gasteiger partial charge in [0, 0.05) is 17.0 Å². The number of aryl methyl sites for hydroxylation is 1. The highest BCUT2D eigenvalue weighted by molar-refractivity contribution is 5.79. The van der Waals surface area contributed by atoms with Crippen molar-refractivity contribution in [3.05, 3.63) is 65.5 Å². The predicted octanol–water partition coefficient (Wildman–Crippen LogP) is 2.22. The largest absolute Gasteiger partial charge is 0.456 e. The Balaban J connectivity index is 1.70. The van der Waals surface area contributed by atoms with Gasteiger partial charge in [-0.25, -0.2) is 0 Å². The third kappa shape index (κ3) is 3.87. The van der Waals surface area contributed by atoms with E-state index >= 15 is 0 Å². The lowest BCUT2D eigenvalue weighted by atomic mass is 10.1. The fourth-order valence-corrected chi connectivity index (χ4v) is 3.40. The summed E-state index contributed by atoms with van der Waals surface area (Å²) in [5.41, 5.74) is 3.18. The Morgan fingerprint density at radius 2 is 1.81 bits per heavy atom. The molecule has 134 valence electrons. The van der Waals surface area contributed by atoms with Crippen LogP contribution in [0.1, 0.15) is 5.56 Å². The molecular weight excluding hydrogens is 324 g/mol. The average Bonchev–Trinajstić information content (AvgIpc) is 2.69. The van der Waals surface area contributed by atoms with Crippen LogP contribution in [0.15, 0.2) is 64.0 Å². The van der Waals surface area contributed by atoms with Gasteiger partial charge in [-0.3, -0.25) is 4.99 Å². The Kier molecular flexibility index (Phi) is 5.14. The van der Waals surface area contributed by atoms with Gasteiger partial charge in [-0.1, -0.05) is 42.0 Å². The average molecular weight is 349 g/mol. The molecule has 2 aromatic carbocycles. The van der Waals surface area contributed by atoms with E-state index in [1.54, 1.807) is 4.90 Å². The van der Waals surface area contributed by atoms with E-state index in [4.69, 9.17) is 14.1 Å². The number of benzene rings is 2. The summed E-state index contributed by atoms with van der Waals surface area (Å²) in [6.07, 6.45) is 0. The zero-order valence-corrected chi connectivity index (χ0v) is 15.2. The van der Waals surface area contributed by atoms with Crippen LogP contribution in [0.5, 0.6) is 0 Å². The van der Waals surface area contributed by atoms with Crippen LogP contribution in [0, 0.1) is 6.92 Å². The van der Waals surface area contributed by atoms with Gasteiger partial charge >= 0.3 is 0 Å². The molecular formula is C22H25N2O2+. The van der Waals surface area contributed by atoms with Gasteiger partial charge in [0.25, 0.3) is 0 Å². The Bertz CT molecular complexity index is 941. The molecule has 2 heterocycles. The maximum atomic E-state index is 6.16. The molecule has 0 unspecified atom stereocenters. The molecule has 4 rings (SSSR count). The first-order valence-corrected chi connectivity index (χ1v) is 9.31. The molecule has 4 nitrogen and oxygen atoms in total. The molecule has 1 aromatic heterocycles. The molecule has 26 heavy (non-hydrogen) atoms. The first kappa shape index (κ1) is 17.0. The number of hydrogen-bond donors (Lipinski definition) is 1. The van der Waals surface area contributed by atoms with Gasteiger partial charge in [-0.2, -0.15) is 0 Å². The molecule has 1 N–H and O–H groups in total. The van der Waals surface area contributed by atoms with Crippen LogP contribution < -0.4 is 10.3 Å². The predicted molar refractivity (Wildman–Crippen MR) is 103 cm³/mol. The molecule has 0 radical (unpaired) electrons. The lowest BCUT2D eigenvalue weighted by Crippen LogP contribution is -3.14. The summed E-state index contributed by atoms with van der Waals surface area (Å²) < 4.78 is 11.6. The number of quaternary nitrogens is 1. The van der Waals surface area contributed by atoms with Gasteiger partial charge in [0.05, 0.1) is 31.7 Å². The van der Waals surface area contributed by atoms with Crippen LogP contribution in [-0.4, -0.2) is 39.4 Å². The van der Waals surface area contributed by atoms with E-state index in [0.717, 1.165) is 67.0 Å². The number of ether oxygens (including phenoxy) is 1. The second kappa shape index (κ2) is 7.85. The van der Waals surface area contributed by atoms with Gasteiger partial charge in [0.15, 0.2) is 0 Å². The van der Waals surface area contributed by atoms with Gasteiger partial charge < -0.3 is 14.1 Å². The van der Waals surface area contributed by atoms with Gasteiger partial charge in [-0.15, -0.1) is 0 Å². The van der Waals surface area contributed by atoms with Crippen molar-refractivity contribution in [1.29, 1.82) is 0 Å². The van der Waals surface area contributed by atoms with Crippen LogP contribution in [0.25, 0.3) is 22.3 Å². The second-order valence-corrected chi connectivity index (χ2v) is 6.86. The van der Waals surface area contributed by atoms with Crippen LogP contribution in [-0.2, 0) is 4.74 Å². The smallest absolute Gasteiger partial charge is 0.136 e. The van der Waals surface area contributed by atoms with E-state index in [1.165, 1.54) is 5.56 Å². The first-order valence-electron chi connectivity index (χ1n) is 9.31. The summed E-state index contributed by atoms with van der Waals surface area (Å²) in [7, 11) is 0. The Morgan fingerprint density at radius 1 is 1.00 bits per heavy atom. The van der Waals surface area contributed by atoms with E-state index in [9.17, 15) is 0 Å². The molecule has 0 atom stereocenters. The first-order chi connectivity index (χ1) is 12.8. The van der Waals surface area contributed by atoms with Gasteiger partial charge in [0.1, 0.15) is 24.4 Å². The third-order valence-electron chi connectivity index (χ3n) is 4.90. The Labute approximate surface area is 153 Å². The van der Waals surface area contributed by atoms with Crippen molar-refractivity contribution in [2.45, 2.75) is 6.92 Å². The van der Waals surface area contributed by atoms with E-state index in [2.05, 4.69) is 37.3 Å². The summed E-state index contributed by atoms with van der Waals surface area (Å²) >= 11 is 0. The molecule has 0 spiro atoms. The second-order valence-electron chi connectivity index (χ2n) is 6.86. The molecule has 0 amide bonds. The fourth-order valence-electron chi connectivity index (χ4n) is 3.40. The summed E-state index contributed by atoms with van der Waals surface area (Å²) in [5.74, 6) is 0.861. The standard InChI is InChI=1S/C22H24N2O2/c1-17-7-8-21-19(15-17)20(23-9-10-24-11-13-25-14-12-24)16-22(26-21)18-5-3-2-4-6-18/h2-8,15-16H,9-14H2,1H3/p+1. The van der Waals surface area contributed by atoms with Crippen LogP contribution in [0.4, 0.5) is 0 Å². The summed E-state index contributed by atoms with van der Waals surface area (Å²) in [5, 5.41) is 2.10. The normalized spacial score (nSPS) is 16.3. The number of nitrogens with zero attached hydrogens (tertiary/aromatic N) is 1. The van der Waals surface area contributed by atoms with Crippen molar-refractivity contribution < 1.29 is 14.1 Å². The van der Waals surface area contributed by atoms with Crippen molar-refractivity contribution in [1.82, 2.24) is 0 Å². The van der Waals surface area contributed by atoms with Crippen LogP contribution in [0.2, 0.25) is 0 Å². The maximum absolute atomic E-state index is 6.16. The van der Waals surface area contributed by atoms with Gasteiger partial charge in [-0.05, 0) is 19.1 Å². The van der Waals surface area contributed by atoms with Gasteiger partial charge in [0.2, 0.25) is 0 Å². The molecule has 1 aliphatic heterocycles. The van der Waals surface area contributed by atoms with Crippen molar-refractivity contribution >= 4 is 11.0 Å². The highest BCUT2D eigenvalue weighted by Crippen LogP contribution is 2.22. The molecule has 1 fully saturated rings. The van der Waals surface area contributed by atoms with Crippen molar-refractivity contribution in [3.8, 4) is 11.3 Å². The molecule has 0 bridgehead atoms. The SMILES string of the molecule is Cc1ccc2oc(-c3ccccc3)cc(=NCC[NH+]3CCOCC3)c2c1. The zero-order chi connectivity index (χ0) is 17.8. The lowest BCUT2D eigenvalue weighted by molar-refractivity contribution is -0.906. The molecule has 4 heteroatoms. The number of nitrogens with one attached hydrogen (secondary N) is 1. The fraction of sp³-hybridized carbons (Fsp3) is 0.318. The van der Waals surface area contributed by atoms with Crippen molar-refractivity contribution in [2.75, 3.05) is 39.4 Å². The Morgan fingerprint density at radius 3 is 2.62 bits per heavy atom. The quantitative estimate of drug-likeness (QED) is 0.784. The molecule has 3 aromatic rings.